The molecule has 0 aromatic heterocycles. The van der Waals surface area contributed by atoms with E-state index in [1.807, 2.05) is 0 Å². The van der Waals surface area contributed by atoms with Crippen molar-refractivity contribution < 1.29 is 32.2 Å². The normalized spacial score (nSPS) is 18.2. The highest BCUT2D eigenvalue weighted by Crippen LogP contribution is 2.36. The summed E-state index contributed by atoms with van der Waals surface area (Å²) in [5, 5.41) is 2.78. The first-order valence-electron chi connectivity index (χ1n) is 9.95. The van der Waals surface area contributed by atoms with Crippen molar-refractivity contribution >= 4 is 17.5 Å². The number of fused-ring (bicyclic) bond motifs is 1. The highest BCUT2D eigenvalue weighted by atomic mass is 19.4. The molecule has 4 rings (SSSR count). The van der Waals surface area contributed by atoms with Crippen LogP contribution in [0.2, 0.25) is 0 Å². The second kappa shape index (κ2) is 8.49. The molecule has 1 N–H and O–H groups in total. The maximum absolute atomic E-state index is 12.6. The van der Waals surface area contributed by atoms with Gasteiger partial charge in [0.25, 0.3) is 0 Å². The summed E-state index contributed by atoms with van der Waals surface area (Å²) in [6.07, 6.45) is -3.87. The Bertz CT molecular complexity index is 976. The highest BCUT2D eigenvalue weighted by Gasteiger charge is 2.35. The van der Waals surface area contributed by atoms with Gasteiger partial charge < -0.3 is 19.7 Å². The van der Waals surface area contributed by atoms with E-state index in [9.17, 15) is 22.8 Å². The van der Waals surface area contributed by atoms with Crippen LogP contribution in [0.4, 0.5) is 18.9 Å². The molecule has 0 spiro atoms. The topological polar surface area (TPSA) is 67.9 Å². The molecule has 31 heavy (non-hydrogen) atoms. The van der Waals surface area contributed by atoms with Crippen LogP contribution in [-0.4, -0.2) is 38.1 Å². The number of hydrogen-bond donors (Lipinski definition) is 1. The molecule has 0 unspecified atom stereocenters. The molecule has 2 aliphatic rings. The van der Waals surface area contributed by atoms with Crippen LogP contribution in [0.3, 0.4) is 0 Å². The maximum Gasteiger partial charge on any atom is 0.416 e. The van der Waals surface area contributed by atoms with Crippen LogP contribution < -0.4 is 19.7 Å². The predicted octanol–water partition coefficient (Wildman–Crippen LogP) is 3.19. The highest BCUT2D eigenvalue weighted by molar-refractivity contribution is 6.00. The second-order valence-corrected chi connectivity index (χ2v) is 7.47. The third-order valence-electron chi connectivity index (χ3n) is 5.33. The molecule has 164 valence electrons. The summed E-state index contributed by atoms with van der Waals surface area (Å²) >= 11 is 0. The largest absolute Gasteiger partial charge is 0.486 e. The van der Waals surface area contributed by atoms with E-state index in [-0.39, 0.29) is 31.3 Å². The minimum absolute atomic E-state index is 0.0978. The van der Waals surface area contributed by atoms with Crippen molar-refractivity contribution in [2.75, 3.05) is 31.2 Å². The Morgan fingerprint density at radius 2 is 1.77 bits per heavy atom. The molecule has 2 aromatic carbocycles. The van der Waals surface area contributed by atoms with Crippen LogP contribution in [0.5, 0.6) is 11.5 Å². The summed E-state index contributed by atoms with van der Waals surface area (Å²) in [6, 6.07) is 10.1. The average Bonchev–Trinajstić information content (AvgIpc) is 3.15. The summed E-state index contributed by atoms with van der Waals surface area (Å²) < 4.78 is 48.9. The fourth-order valence-electron chi connectivity index (χ4n) is 3.67. The van der Waals surface area contributed by atoms with Crippen molar-refractivity contribution in [3.05, 3.63) is 53.6 Å². The standard InChI is InChI=1S/C22H21F3N2O4/c23-22(24,25)16-3-1-14(2-4-16)7-8-26-21(29)15-11-20(28)27(13-15)17-5-6-18-19(12-17)31-10-9-30-18/h1-6,12,15H,7-11,13H2,(H,26,29)/t15-/m1/s1. The fourth-order valence-corrected chi connectivity index (χ4v) is 3.67. The summed E-state index contributed by atoms with van der Waals surface area (Å²) in [5.74, 6) is 0.299. The lowest BCUT2D eigenvalue weighted by Crippen LogP contribution is -2.34. The van der Waals surface area contributed by atoms with E-state index in [4.69, 9.17) is 9.47 Å². The van der Waals surface area contributed by atoms with Crippen LogP contribution in [0.15, 0.2) is 42.5 Å². The lowest BCUT2D eigenvalue weighted by Gasteiger charge is -2.22. The number of carbonyl (C=O) groups excluding carboxylic acids is 2. The van der Waals surface area contributed by atoms with Crippen molar-refractivity contribution in [1.82, 2.24) is 5.32 Å². The Morgan fingerprint density at radius 3 is 2.48 bits per heavy atom. The average molecular weight is 434 g/mol. The van der Waals surface area contributed by atoms with Crippen LogP contribution in [0, 0.1) is 5.92 Å². The van der Waals surface area contributed by atoms with Crippen LogP contribution >= 0.6 is 0 Å². The number of nitrogens with one attached hydrogen (secondary N) is 1. The van der Waals surface area contributed by atoms with E-state index in [0.717, 1.165) is 12.1 Å². The van der Waals surface area contributed by atoms with E-state index in [0.29, 0.717) is 42.4 Å². The van der Waals surface area contributed by atoms with Crippen molar-refractivity contribution in [1.29, 1.82) is 0 Å². The zero-order chi connectivity index (χ0) is 22.0. The zero-order valence-corrected chi connectivity index (χ0v) is 16.6. The van der Waals surface area contributed by atoms with E-state index in [2.05, 4.69) is 5.32 Å². The molecule has 1 fully saturated rings. The van der Waals surface area contributed by atoms with Gasteiger partial charge in [-0.3, -0.25) is 9.59 Å². The molecule has 2 heterocycles. The Morgan fingerprint density at radius 1 is 1.06 bits per heavy atom. The first-order valence-corrected chi connectivity index (χ1v) is 9.95. The molecule has 1 saturated heterocycles. The number of rotatable bonds is 5. The van der Waals surface area contributed by atoms with Gasteiger partial charge in [-0.05, 0) is 36.2 Å². The van der Waals surface area contributed by atoms with Crippen LogP contribution in [0.1, 0.15) is 17.5 Å². The van der Waals surface area contributed by atoms with E-state index in [1.54, 1.807) is 23.1 Å². The van der Waals surface area contributed by atoms with Gasteiger partial charge >= 0.3 is 6.18 Å². The number of alkyl halides is 3. The van der Waals surface area contributed by atoms with E-state index < -0.39 is 17.7 Å². The van der Waals surface area contributed by atoms with E-state index in [1.165, 1.54) is 12.1 Å². The second-order valence-electron chi connectivity index (χ2n) is 7.47. The number of ether oxygens (including phenoxy) is 2. The summed E-state index contributed by atoms with van der Waals surface area (Å²) in [5.41, 5.74) is 0.631. The molecule has 1 atom stereocenters. The Hall–Kier alpha value is -3.23. The molecule has 0 radical (unpaired) electrons. The van der Waals surface area contributed by atoms with Gasteiger partial charge in [-0.2, -0.15) is 13.2 Å². The predicted molar refractivity (Wildman–Crippen MR) is 106 cm³/mol. The lowest BCUT2D eigenvalue weighted by atomic mass is 10.1. The van der Waals surface area contributed by atoms with Gasteiger partial charge in [0.05, 0.1) is 11.5 Å². The maximum atomic E-state index is 12.6. The first-order chi connectivity index (χ1) is 14.8. The number of nitrogens with zero attached hydrogens (tertiary/aromatic N) is 1. The molecule has 0 saturated carbocycles. The minimum atomic E-state index is -4.37. The molecule has 0 bridgehead atoms. The van der Waals surface area contributed by atoms with Crippen LogP contribution in [-0.2, 0) is 22.2 Å². The van der Waals surface area contributed by atoms with Crippen molar-refractivity contribution in [2.24, 2.45) is 5.92 Å². The van der Waals surface area contributed by atoms with E-state index >= 15 is 0 Å². The Labute approximate surface area is 176 Å². The van der Waals surface area contributed by atoms with Gasteiger partial charge in [-0.15, -0.1) is 0 Å². The molecule has 2 aromatic rings. The quantitative estimate of drug-likeness (QED) is 0.785. The number of halogens is 3. The third-order valence-corrected chi connectivity index (χ3v) is 5.33. The lowest BCUT2D eigenvalue weighted by molar-refractivity contribution is -0.137. The molecule has 6 nitrogen and oxygen atoms in total. The molecule has 9 heteroatoms. The molecule has 2 aliphatic heterocycles. The number of hydrogen-bond acceptors (Lipinski definition) is 4. The van der Waals surface area contributed by atoms with Crippen molar-refractivity contribution in [2.45, 2.75) is 19.0 Å². The number of amides is 2. The molecular weight excluding hydrogens is 413 g/mol. The SMILES string of the molecule is O=C(NCCc1ccc(C(F)(F)F)cc1)[C@@H]1CC(=O)N(c2ccc3c(c2)OCCO3)C1. The number of anilines is 1. The molecule has 2 amide bonds. The minimum Gasteiger partial charge on any atom is -0.486 e. The Kier molecular flexibility index (Phi) is 5.75. The summed E-state index contributed by atoms with van der Waals surface area (Å²) in [4.78, 5) is 26.5. The monoisotopic (exact) mass is 434 g/mol. The first kappa shape index (κ1) is 21.0. The molecule has 0 aliphatic carbocycles. The van der Waals surface area contributed by atoms with Gasteiger partial charge in [0.15, 0.2) is 11.5 Å². The smallest absolute Gasteiger partial charge is 0.416 e. The van der Waals surface area contributed by atoms with Crippen molar-refractivity contribution in [3.8, 4) is 11.5 Å². The third kappa shape index (κ3) is 4.76. The fraction of sp³-hybridized carbons (Fsp3) is 0.364. The van der Waals surface area contributed by atoms with Gasteiger partial charge in [-0.25, -0.2) is 0 Å². The van der Waals surface area contributed by atoms with Gasteiger partial charge in [-0.1, -0.05) is 12.1 Å². The van der Waals surface area contributed by atoms with Crippen LogP contribution in [0.25, 0.3) is 0 Å². The van der Waals surface area contributed by atoms with Gasteiger partial charge in [0.2, 0.25) is 11.8 Å². The number of benzene rings is 2. The zero-order valence-electron chi connectivity index (χ0n) is 16.6. The van der Waals surface area contributed by atoms with Gasteiger partial charge in [0, 0.05) is 31.3 Å². The Balaban J connectivity index is 1.30. The summed E-state index contributed by atoms with van der Waals surface area (Å²) in [6.45, 7) is 1.45. The molecular formula is C22H21F3N2O4. The van der Waals surface area contributed by atoms with Crippen molar-refractivity contribution in [3.63, 3.8) is 0 Å². The van der Waals surface area contributed by atoms with Gasteiger partial charge in [0.1, 0.15) is 13.2 Å². The summed E-state index contributed by atoms with van der Waals surface area (Å²) in [7, 11) is 0. The number of carbonyl (C=O) groups is 2.